The molecule has 0 spiro atoms. The molecule has 0 aromatic heterocycles. The highest BCUT2D eigenvalue weighted by Crippen LogP contribution is 2.20. The van der Waals surface area contributed by atoms with Crippen molar-refractivity contribution >= 4 is 5.91 Å². The minimum absolute atomic E-state index is 0.145. The van der Waals surface area contributed by atoms with Gasteiger partial charge in [-0.25, -0.2) is 0 Å². The monoisotopic (exact) mass is 198 g/mol. The molecule has 3 heteroatoms. The van der Waals surface area contributed by atoms with Crippen LogP contribution >= 0.6 is 0 Å². The first-order valence-electron chi connectivity index (χ1n) is 5.55. The fraction of sp³-hybridized carbons (Fsp3) is 0.909. The molecular weight excluding hydrogens is 176 g/mol. The first-order valence-corrected chi connectivity index (χ1v) is 5.55. The Hall–Kier alpha value is -0.570. The van der Waals surface area contributed by atoms with E-state index in [9.17, 15) is 4.79 Å². The van der Waals surface area contributed by atoms with Gasteiger partial charge < -0.3 is 10.6 Å². The van der Waals surface area contributed by atoms with E-state index >= 15 is 0 Å². The molecule has 3 nitrogen and oxygen atoms in total. The minimum atomic E-state index is 0.145. The number of hydrogen-bond acceptors (Lipinski definition) is 2. The van der Waals surface area contributed by atoms with Crippen LogP contribution in [-0.2, 0) is 4.79 Å². The van der Waals surface area contributed by atoms with E-state index < -0.39 is 0 Å². The van der Waals surface area contributed by atoms with Gasteiger partial charge in [0.05, 0.1) is 0 Å². The van der Waals surface area contributed by atoms with Gasteiger partial charge in [-0.3, -0.25) is 4.79 Å². The summed E-state index contributed by atoms with van der Waals surface area (Å²) in [5, 5.41) is 0. The fourth-order valence-electron chi connectivity index (χ4n) is 1.80. The molecule has 14 heavy (non-hydrogen) atoms. The van der Waals surface area contributed by atoms with Crippen LogP contribution in [0.15, 0.2) is 0 Å². The molecule has 0 saturated carbocycles. The van der Waals surface area contributed by atoms with Gasteiger partial charge >= 0.3 is 0 Å². The summed E-state index contributed by atoms with van der Waals surface area (Å²) in [5.41, 5.74) is 5.59. The van der Waals surface area contributed by atoms with E-state index in [1.54, 1.807) is 0 Å². The maximum absolute atomic E-state index is 11.9. The molecule has 1 saturated heterocycles. The van der Waals surface area contributed by atoms with Crippen molar-refractivity contribution in [3.63, 3.8) is 0 Å². The van der Waals surface area contributed by atoms with Crippen LogP contribution in [0.25, 0.3) is 0 Å². The molecule has 2 unspecified atom stereocenters. The van der Waals surface area contributed by atoms with E-state index in [0.29, 0.717) is 24.3 Å². The zero-order chi connectivity index (χ0) is 10.7. The topological polar surface area (TPSA) is 46.3 Å². The van der Waals surface area contributed by atoms with Gasteiger partial charge in [-0.2, -0.15) is 0 Å². The predicted octanol–water partition coefficient (Wildman–Crippen LogP) is 1.09. The second-order valence-electron chi connectivity index (χ2n) is 4.71. The molecule has 1 rings (SSSR count). The molecule has 0 radical (unpaired) electrons. The van der Waals surface area contributed by atoms with Gasteiger partial charge in [0.15, 0.2) is 0 Å². The third-order valence-electron chi connectivity index (χ3n) is 3.32. The van der Waals surface area contributed by atoms with Crippen LogP contribution in [0.4, 0.5) is 0 Å². The zero-order valence-corrected chi connectivity index (χ0v) is 9.49. The molecule has 1 aliphatic rings. The maximum atomic E-state index is 11.9. The third-order valence-corrected chi connectivity index (χ3v) is 3.32. The Morgan fingerprint density at radius 2 is 2.14 bits per heavy atom. The lowest BCUT2D eigenvalue weighted by molar-refractivity contribution is -0.135. The number of hydrogen-bond donors (Lipinski definition) is 1. The quantitative estimate of drug-likeness (QED) is 0.737. The third kappa shape index (κ3) is 2.47. The number of carbonyl (C=O) groups is 1. The van der Waals surface area contributed by atoms with Crippen LogP contribution in [0.5, 0.6) is 0 Å². The standard InChI is InChI=1S/C11H22N2O/c1-8(2)9(3)11(14)13-5-4-10(6-12)7-13/h8-10H,4-7,12H2,1-3H3. The Morgan fingerprint density at radius 3 is 2.57 bits per heavy atom. The van der Waals surface area contributed by atoms with Gasteiger partial charge in [-0.1, -0.05) is 20.8 Å². The van der Waals surface area contributed by atoms with E-state index in [1.807, 2.05) is 11.8 Å². The lowest BCUT2D eigenvalue weighted by Crippen LogP contribution is -2.35. The van der Waals surface area contributed by atoms with E-state index in [2.05, 4.69) is 13.8 Å². The second-order valence-corrected chi connectivity index (χ2v) is 4.71. The van der Waals surface area contributed by atoms with Crippen molar-refractivity contribution in [2.24, 2.45) is 23.5 Å². The second kappa shape index (κ2) is 4.78. The normalized spacial score (nSPS) is 24.4. The largest absolute Gasteiger partial charge is 0.342 e. The Kier molecular flexibility index (Phi) is 3.93. The van der Waals surface area contributed by atoms with E-state index in [-0.39, 0.29) is 5.92 Å². The molecule has 82 valence electrons. The Balaban J connectivity index is 2.47. The minimum Gasteiger partial charge on any atom is -0.342 e. The molecule has 2 N–H and O–H groups in total. The van der Waals surface area contributed by atoms with Gasteiger partial charge in [-0.05, 0) is 24.8 Å². The Bertz CT molecular complexity index is 203. The first kappa shape index (κ1) is 11.5. The van der Waals surface area contributed by atoms with E-state index in [0.717, 1.165) is 19.5 Å². The predicted molar refractivity (Wildman–Crippen MR) is 57.7 cm³/mol. The highest BCUT2D eigenvalue weighted by Gasteiger charge is 2.29. The van der Waals surface area contributed by atoms with Crippen molar-refractivity contribution < 1.29 is 4.79 Å². The highest BCUT2D eigenvalue weighted by atomic mass is 16.2. The van der Waals surface area contributed by atoms with Crippen LogP contribution in [0.3, 0.4) is 0 Å². The number of amides is 1. The van der Waals surface area contributed by atoms with Crippen molar-refractivity contribution in [1.82, 2.24) is 4.90 Å². The first-order chi connectivity index (χ1) is 6.56. The fourth-order valence-corrected chi connectivity index (χ4v) is 1.80. The smallest absolute Gasteiger partial charge is 0.225 e. The van der Waals surface area contributed by atoms with Gasteiger partial charge in [-0.15, -0.1) is 0 Å². The summed E-state index contributed by atoms with van der Waals surface area (Å²) in [6.45, 7) is 8.69. The number of likely N-dealkylation sites (tertiary alicyclic amines) is 1. The molecule has 1 aliphatic heterocycles. The van der Waals surface area contributed by atoms with Crippen molar-refractivity contribution in [3.05, 3.63) is 0 Å². The number of nitrogens with zero attached hydrogens (tertiary/aromatic N) is 1. The molecule has 0 bridgehead atoms. The molecule has 1 fully saturated rings. The Labute approximate surface area is 86.6 Å². The SMILES string of the molecule is CC(C)C(C)C(=O)N1CCC(CN)C1. The average Bonchev–Trinajstić information content (AvgIpc) is 2.63. The van der Waals surface area contributed by atoms with E-state index in [4.69, 9.17) is 5.73 Å². The summed E-state index contributed by atoms with van der Waals surface area (Å²) in [7, 11) is 0. The van der Waals surface area contributed by atoms with Crippen molar-refractivity contribution in [2.75, 3.05) is 19.6 Å². The molecule has 0 aromatic rings. The van der Waals surface area contributed by atoms with Crippen LogP contribution in [0.2, 0.25) is 0 Å². The van der Waals surface area contributed by atoms with Crippen molar-refractivity contribution in [2.45, 2.75) is 27.2 Å². The lowest BCUT2D eigenvalue weighted by Gasteiger charge is -2.23. The van der Waals surface area contributed by atoms with Crippen LogP contribution in [0, 0.1) is 17.8 Å². The highest BCUT2D eigenvalue weighted by molar-refractivity contribution is 5.79. The maximum Gasteiger partial charge on any atom is 0.225 e. The van der Waals surface area contributed by atoms with Gasteiger partial charge in [0.25, 0.3) is 0 Å². The van der Waals surface area contributed by atoms with Crippen molar-refractivity contribution in [3.8, 4) is 0 Å². The molecule has 1 amide bonds. The summed E-state index contributed by atoms with van der Waals surface area (Å²) >= 11 is 0. The summed E-state index contributed by atoms with van der Waals surface area (Å²) < 4.78 is 0. The van der Waals surface area contributed by atoms with Gasteiger partial charge in [0.1, 0.15) is 0 Å². The number of rotatable bonds is 3. The summed E-state index contributed by atoms with van der Waals surface area (Å²) in [4.78, 5) is 13.9. The molecule has 1 heterocycles. The summed E-state index contributed by atoms with van der Waals surface area (Å²) in [5.74, 6) is 1.40. The molecule has 2 atom stereocenters. The zero-order valence-electron chi connectivity index (χ0n) is 9.49. The van der Waals surface area contributed by atoms with Crippen LogP contribution < -0.4 is 5.73 Å². The lowest BCUT2D eigenvalue weighted by atomic mass is 9.97. The molecule has 0 aromatic carbocycles. The van der Waals surface area contributed by atoms with E-state index in [1.165, 1.54) is 0 Å². The van der Waals surface area contributed by atoms with Crippen LogP contribution in [-0.4, -0.2) is 30.4 Å². The summed E-state index contributed by atoms with van der Waals surface area (Å²) in [6, 6.07) is 0. The van der Waals surface area contributed by atoms with Crippen LogP contribution in [0.1, 0.15) is 27.2 Å². The Morgan fingerprint density at radius 1 is 1.50 bits per heavy atom. The number of nitrogens with two attached hydrogens (primary N) is 1. The van der Waals surface area contributed by atoms with Gasteiger partial charge in [0.2, 0.25) is 5.91 Å². The molecular formula is C11H22N2O. The van der Waals surface area contributed by atoms with Gasteiger partial charge in [0, 0.05) is 19.0 Å². The van der Waals surface area contributed by atoms with Crippen molar-refractivity contribution in [1.29, 1.82) is 0 Å². The summed E-state index contributed by atoms with van der Waals surface area (Å²) in [6.07, 6.45) is 1.08. The number of carbonyl (C=O) groups excluding carboxylic acids is 1. The average molecular weight is 198 g/mol. The molecule has 0 aliphatic carbocycles.